The van der Waals surface area contributed by atoms with Crippen LogP contribution in [-0.4, -0.2) is 60.5 Å². The summed E-state index contributed by atoms with van der Waals surface area (Å²) in [4.78, 5) is 9.72. The third-order valence-electron chi connectivity index (χ3n) is 5.72. The van der Waals surface area contributed by atoms with Gasteiger partial charge in [-0.15, -0.1) is 11.3 Å². The fourth-order valence-corrected chi connectivity index (χ4v) is 5.12. The molecule has 0 bridgehead atoms. The summed E-state index contributed by atoms with van der Waals surface area (Å²) >= 11 is 1.88. The molecule has 1 saturated heterocycles. The molecule has 2 aromatic heterocycles. The molecule has 8 heteroatoms. The Balaban J connectivity index is 1.66. The Kier molecular flexibility index (Phi) is 8.30. The van der Waals surface area contributed by atoms with E-state index in [1.54, 1.807) is 0 Å². The number of aromatic nitrogens is 2. The summed E-state index contributed by atoms with van der Waals surface area (Å²) < 4.78 is 7.58. The molecule has 0 amide bonds. The van der Waals surface area contributed by atoms with Crippen LogP contribution in [0.25, 0.3) is 0 Å². The van der Waals surface area contributed by atoms with E-state index in [2.05, 4.69) is 58.5 Å². The molecule has 1 aliphatic rings. The van der Waals surface area contributed by atoms with E-state index in [0.717, 1.165) is 63.9 Å². The first-order valence-electron chi connectivity index (χ1n) is 10.9. The van der Waals surface area contributed by atoms with Crippen molar-refractivity contribution in [3.63, 3.8) is 0 Å². The number of thiophene rings is 1. The zero-order valence-electron chi connectivity index (χ0n) is 19.0. The van der Waals surface area contributed by atoms with E-state index in [4.69, 9.17) is 4.74 Å². The highest BCUT2D eigenvalue weighted by Gasteiger charge is 2.24. The highest BCUT2D eigenvalue weighted by atomic mass is 32.1. The number of aliphatic imine (C=N–C) groups is 1. The van der Waals surface area contributed by atoms with Gasteiger partial charge >= 0.3 is 0 Å². The van der Waals surface area contributed by atoms with Crippen molar-refractivity contribution in [2.75, 3.05) is 39.9 Å². The lowest BCUT2D eigenvalue weighted by atomic mass is 10.1. The van der Waals surface area contributed by atoms with Crippen LogP contribution in [0.4, 0.5) is 0 Å². The second-order valence-electron chi connectivity index (χ2n) is 7.62. The number of ether oxygens (including phenoxy) is 1. The van der Waals surface area contributed by atoms with E-state index in [1.165, 1.54) is 21.0 Å². The van der Waals surface area contributed by atoms with E-state index in [9.17, 15) is 0 Å². The van der Waals surface area contributed by atoms with Crippen LogP contribution in [0.3, 0.4) is 0 Å². The highest BCUT2D eigenvalue weighted by molar-refractivity contribution is 7.12. The van der Waals surface area contributed by atoms with E-state index in [0.29, 0.717) is 6.04 Å². The first-order chi connectivity index (χ1) is 14.6. The predicted octanol–water partition coefficient (Wildman–Crippen LogP) is 2.65. The Morgan fingerprint density at radius 2 is 2.00 bits per heavy atom. The molecular formula is C22H36N6OS. The highest BCUT2D eigenvalue weighted by Crippen LogP contribution is 2.28. The molecule has 1 unspecified atom stereocenters. The minimum absolute atomic E-state index is 0.321. The van der Waals surface area contributed by atoms with Crippen LogP contribution in [0, 0.1) is 6.92 Å². The Morgan fingerprint density at radius 3 is 2.60 bits per heavy atom. The summed E-state index contributed by atoms with van der Waals surface area (Å²) in [5.74, 6) is 0.828. The molecule has 0 radical (unpaired) electrons. The van der Waals surface area contributed by atoms with Gasteiger partial charge < -0.3 is 15.4 Å². The largest absolute Gasteiger partial charge is 0.379 e. The molecule has 1 fully saturated rings. The molecule has 1 atom stereocenters. The minimum atomic E-state index is 0.321. The van der Waals surface area contributed by atoms with Crippen molar-refractivity contribution in [1.29, 1.82) is 0 Å². The van der Waals surface area contributed by atoms with Crippen LogP contribution in [-0.2, 0) is 31.2 Å². The SMILES string of the molecule is CCc1nn(C)c(CC)c1CNC(=NC)NCC(c1ccc(C)s1)N1CCOCC1. The van der Waals surface area contributed by atoms with E-state index in [1.807, 2.05) is 30.1 Å². The third kappa shape index (κ3) is 5.42. The molecule has 0 aromatic carbocycles. The molecule has 2 aromatic rings. The molecule has 30 heavy (non-hydrogen) atoms. The summed E-state index contributed by atoms with van der Waals surface area (Å²) in [5, 5.41) is 11.8. The average Bonchev–Trinajstić information content (AvgIpc) is 3.33. The molecule has 166 valence electrons. The molecule has 2 N–H and O–H groups in total. The van der Waals surface area contributed by atoms with Gasteiger partial charge in [-0.25, -0.2) is 0 Å². The summed E-state index contributed by atoms with van der Waals surface area (Å²) in [7, 11) is 3.86. The average molecular weight is 433 g/mol. The first kappa shape index (κ1) is 22.8. The lowest BCUT2D eigenvalue weighted by molar-refractivity contribution is 0.0177. The van der Waals surface area contributed by atoms with Crippen LogP contribution in [0.2, 0.25) is 0 Å². The van der Waals surface area contributed by atoms with Gasteiger partial charge in [0.05, 0.1) is 24.9 Å². The van der Waals surface area contributed by atoms with Gasteiger partial charge in [0, 0.05) is 61.3 Å². The fraction of sp³-hybridized carbons (Fsp3) is 0.636. The van der Waals surface area contributed by atoms with Crippen LogP contribution < -0.4 is 10.6 Å². The summed E-state index contributed by atoms with van der Waals surface area (Å²) in [6.45, 7) is 11.6. The number of hydrogen-bond acceptors (Lipinski definition) is 5. The third-order valence-corrected chi connectivity index (χ3v) is 6.82. The normalized spacial score (nSPS) is 16.6. The van der Waals surface area contributed by atoms with E-state index >= 15 is 0 Å². The molecule has 3 rings (SSSR count). The Bertz CT molecular complexity index is 837. The number of nitrogens with zero attached hydrogens (tertiary/aromatic N) is 4. The topological polar surface area (TPSA) is 66.7 Å². The molecule has 0 aliphatic carbocycles. The lowest BCUT2D eigenvalue weighted by Gasteiger charge is -2.34. The molecule has 0 saturated carbocycles. The van der Waals surface area contributed by atoms with Crippen molar-refractivity contribution < 1.29 is 4.74 Å². The van der Waals surface area contributed by atoms with Crippen LogP contribution in [0.1, 0.15) is 46.6 Å². The number of guanidine groups is 1. The van der Waals surface area contributed by atoms with Gasteiger partial charge in [0.1, 0.15) is 0 Å². The van der Waals surface area contributed by atoms with Crippen molar-refractivity contribution in [3.8, 4) is 0 Å². The standard InChI is InChI=1S/C22H36N6OS/c1-6-18-17(19(7-2)27(5)26-18)14-24-22(23-4)25-15-20(21-9-8-16(3)30-21)28-10-12-29-13-11-28/h8-9,20H,6-7,10-15H2,1-5H3,(H2,23,24,25). The molecule has 0 spiro atoms. The van der Waals surface area contributed by atoms with Gasteiger partial charge in [0.25, 0.3) is 0 Å². The van der Waals surface area contributed by atoms with Crippen LogP contribution in [0.5, 0.6) is 0 Å². The van der Waals surface area contributed by atoms with Crippen molar-refractivity contribution in [3.05, 3.63) is 38.8 Å². The van der Waals surface area contributed by atoms with Gasteiger partial charge in [-0.1, -0.05) is 13.8 Å². The lowest BCUT2D eigenvalue weighted by Crippen LogP contribution is -2.46. The summed E-state index contributed by atoms with van der Waals surface area (Å²) in [6, 6.07) is 4.79. The number of aryl methyl sites for hydroxylation is 3. The summed E-state index contributed by atoms with van der Waals surface area (Å²) in [6.07, 6.45) is 1.91. The maximum atomic E-state index is 5.57. The Morgan fingerprint density at radius 1 is 1.23 bits per heavy atom. The maximum Gasteiger partial charge on any atom is 0.191 e. The fourth-order valence-electron chi connectivity index (χ4n) is 4.11. The number of hydrogen-bond donors (Lipinski definition) is 2. The Labute approximate surface area is 184 Å². The number of nitrogens with one attached hydrogen (secondary N) is 2. The molecule has 3 heterocycles. The van der Waals surface area contributed by atoms with Crippen molar-refractivity contribution in [2.45, 2.75) is 46.2 Å². The number of rotatable bonds is 8. The molecule has 1 aliphatic heterocycles. The predicted molar refractivity (Wildman–Crippen MR) is 124 cm³/mol. The first-order valence-corrected chi connectivity index (χ1v) is 11.7. The van der Waals surface area contributed by atoms with Gasteiger partial charge in [-0.3, -0.25) is 14.6 Å². The van der Waals surface area contributed by atoms with Crippen molar-refractivity contribution in [1.82, 2.24) is 25.3 Å². The molecular weight excluding hydrogens is 396 g/mol. The van der Waals surface area contributed by atoms with E-state index in [-0.39, 0.29) is 0 Å². The zero-order chi connectivity index (χ0) is 21.5. The Hall–Kier alpha value is -1.90. The number of morpholine rings is 1. The van der Waals surface area contributed by atoms with Crippen LogP contribution >= 0.6 is 11.3 Å². The second kappa shape index (κ2) is 10.9. The molecule has 7 nitrogen and oxygen atoms in total. The second-order valence-corrected chi connectivity index (χ2v) is 8.94. The van der Waals surface area contributed by atoms with Gasteiger partial charge in [-0.2, -0.15) is 5.10 Å². The van der Waals surface area contributed by atoms with Gasteiger partial charge in [0.15, 0.2) is 5.96 Å². The smallest absolute Gasteiger partial charge is 0.191 e. The van der Waals surface area contributed by atoms with Crippen molar-refractivity contribution >= 4 is 17.3 Å². The monoisotopic (exact) mass is 432 g/mol. The van der Waals surface area contributed by atoms with Crippen LogP contribution in [0.15, 0.2) is 17.1 Å². The zero-order valence-corrected chi connectivity index (χ0v) is 19.8. The van der Waals surface area contributed by atoms with E-state index < -0.39 is 0 Å². The van der Waals surface area contributed by atoms with Gasteiger partial charge in [0.2, 0.25) is 0 Å². The van der Waals surface area contributed by atoms with Crippen molar-refractivity contribution in [2.24, 2.45) is 12.0 Å². The quantitative estimate of drug-likeness (QED) is 0.496. The minimum Gasteiger partial charge on any atom is -0.379 e. The summed E-state index contributed by atoms with van der Waals surface area (Å²) in [5.41, 5.74) is 3.75. The maximum absolute atomic E-state index is 5.57. The van der Waals surface area contributed by atoms with Gasteiger partial charge in [-0.05, 0) is 31.9 Å².